The van der Waals surface area contributed by atoms with Crippen LogP contribution >= 0.6 is 0 Å². The maximum atomic E-state index is 12.7. The van der Waals surface area contributed by atoms with Gasteiger partial charge >= 0.3 is 0 Å². The van der Waals surface area contributed by atoms with Gasteiger partial charge in [0, 0.05) is 24.2 Å². The highest BCUT2D eigenvalue weighted by atomic mass is 16.5. The monoisotopic (exact) mass is 378 g/mol. The first-order valence-corrected chi connectivity index (χ1v) is 9.14. The number of methoxy groups -OCH3 is 2. The Kier molecular flexibility index (Phi) is 4.97. The van der Waals surface area contributed by atoms with Crippen molar-refractivity contribution in [1.29, 1.82) is 0 Å². The van der Waals surface area contributed by atoms with Crippen molar-refractivity contribution in [3.05, 3.63) is 60.3 Å². The molecule has 1 aliphatic heterocycles. The Balaban J connectivity index is 1.38. The zero-order chi connectivity index (χ0) is 19.5. The van der Waals surface area contributed by atoms with Crippen molar-refractivity contribution in [1.82, 2.24) is 19.9 Å². The second-order valence-electron chi connectivity index (χ2n) is 6.76. The van der Waals surface area contributed by atoms with Gasteiger partial charge in [0.1, 0.15) is 17.2 Å². The van der Waals surface area contributed by atoms with Crippen LogP contribution in [0.4, 0.5) is 0 Å². The molecule has 1 fully saturated rings. The fourth-order valence-electron chi connectivity index (χ4n) is 3.32. The Morgan fingerprint density at radius 1 is 1.11 bits per heavy atom. The summed E-state index contributed by atoms with van der Waals surface area (Å²) in [6.07, 6.45) is 2.21. The largest absolute Gasteiger partial charge is 0.497 e. The van der Waals surface area contributed by atoms with E-state index in [9.17, 15) is 4.79 Å². The summed E-state index contributed by atoms with van der Waals surface area (Å²) >= 11 is 0. The van der Waals surface area contributed by atoms with E-state index in [1.165, 1.54) is 0 Å². The zero-order valence-corrected chi connectivity index (χ0v) is 15.9. The van der Waals surface area contributed by atoms with E-state index in [0.29, 0.717) is 24.6 Å². The molecule has 3 aromatic rings. The number of nitrogens with zero attached hydrogens (tertiary/aromatic N) is 4. The van der Waals surface area contributed by atoms with Crippen molar-refractivity contribution in [2.75, 3.05) is 27.3 Å². The SMILES string of the molecule is COc1ccc(OC)c(CC(=O)N2CC(n3cc(-c4ccccc4)nn3)C2)c1. The molecule has 144 valence electrons. The van der Waals surface area contributed by atoms with Crippen LogP contribution in [0.3, 0.4) is 0 Å². The van der Waals surface area contributed by atoms with Crippen LogP contribution in [0.1, 0.15) is 11.6 Å². The van der Waals surface area contributed by atoms with E-state index in [1.54, 1.807) is 14.2 Å². The number of rotatable bonds is 6. The second-order valence-corrected chi connectivity index (χ2v) is 6.76. The molecule has 0 spiro atoms. The molecule has 7 nitrogen and oxygen atoms in total. The number of ether oxygens (including phenoxy) is 2. The van der Waals surface area contributed by atoms with Gasteiger partial charge in [-0.3, -0.25) is 4.79 Å². The summed E-state index contributed by atoms with van der Waals surface area (Å²) in [5, 5.41) is 8.48. The molecule has 28 heavy (non-hydrogen) atoms. The summed E-state index contributed by atoms with van der Waals surface area (Å²) in [6.45, 7) is 1.26. The lowest BCUT2D eigenvalue weighted by Crippen LogP contribution is -2.51. The van der Waals surface area contributed by atoms with Gasteiger partial charge in [-0.05, 0) is 18.2 Å². The first-order chi connectivity index (χ1) is 13.7. The molecule has 2 aromatic carbocycles. The lowest BCUT2D eigenvalue weighted by molar-refractivity contribution is -0.136. The number of aromatic nitrogens is 3. The van der Waals surface area contributed by atoms with Crippen molar-refractivity contribution in [3.63, 3.8) is 0 Å². The average molecular weight is 378 g/mol. The molecule has 1 aliphatic rings. The minimum atomic E-state index is 0.0613. The van der Waals surface area contributed by atoms with Crippen LogP contribution in [0, 0.1) is 0 Å². The Hall–Kier alpha value is -3.35. The first-order valence-electron chi connectivity index (χ1n) is 9.14. The summed E-state index contributed by atoms with van der Waals surface area (Å²) < 4.78 is 12.5. The van der Waals surface area contributed by atoms with Gasteiger partial charge in [-0.2, -0.15) is 0 Å². The van der Waals surface area contributed by atoms with Gasteiger partial charge in [0.25, 0.3) is 0 Å². The van der Waals surface area contributed by atoms with E-state index in [4.69, 9.17) is 9.47 Å². The van der Waals surface area contributed by atoms with Crippen molar-refractivity contribution >= 4 is 5.91 Å². The molecule has 0 saturated carbocycles. The average Bonchev–Trinajstić information content (AvgIpc) is 3.17. The summed E-state index contributed by atoms with van der Waals surface area (Å²) in [7, 11) is 3.21. The highest BCUT2D eigenvalue weighted by Crippen LogP contribution is 2.27. The standard InChI is InChI=1S/C21H22N4O3/c1-27-18-8-9-20(28-2)16(10-18)11-21(26)24-12-17(13-24)25-14-19(22-23-25)15-6-4-3-5-7-15/h3-10,14,17H,11-13H2,1-2H3. The zero-order valence-electron chi connectivity index (χ0n) is 15.9. The smallest absolute Gasteiger partial charge is 0.227 e. The second kappa shape index (κ2) is 7.72. The molecule has 4 rings (SSSR count). The number of likely N-dealkylation sites (tertiary alicyclic amines) is 1. The van der Waals surface area contributed by atoms with Gasteiger partial charge < -0.3 is 14.4 Å². The minimum Gasteiger partial charge on any atom is -0.497 e. The number of carbonyl (C=O) groups excluding carboxylic acids is 1. The quantitative estimate of drug-likeness (QED) is 0.659. The minimum absolute atomic E-state index is 0.0613. The van der Waals surface area contributed by atoms with Crippen LogP contribution in [-0.4, -0.2) is 53.1 Å². The molecule has 0 bridgehead atoms. The van der Waals surface area contributed by atoms with Gasteiger partial charge in [-0.1, -0.05) is 35.5 Å². The molecular weight excluding hydrogens is 356 g/mol. The van der Waals surface area contributed by atoms with Crippen LogP contribution in [0.15, 0.2) is 54.7 Å². The van der Waals surface area contributed by atoms with Gasteiger partial charge in [-0.25, -0.2) is 4.68 Å². The molecule has 1 aromatic heterocycles. The first kappa shape index (κ1) is 18.0. The van der Waals surface area contributed by atoms with E-state index >= 15 is 0 Å². The van der Waals surface area contributed by atoms with Crippen molar-refractivity contribution in [2.45, 2.75) is 12.5 Å². The topological polar surface area (TPSA) is 69.5 Å². The molecule has 2 heterocycles. The maximum Gasteiger partial charge on any atom is 0.227 e. The third-order valence-corrected chi connectivity index (χ3v) is 5.00. The normalized spacial score (nSPS) is 13.9. The fourth-order valence-corrected chi connectivity index (χ4v) is 3.32. The summed E-state index contributed by atoms with van der Waals surface area (Å²) in [5.41, 5.74) is 2.69. The van der Waals surface area contributed by atoms with Gasteiger partial charge in [0.15, 0.2) is 0 Å². The summed E-state index contributed by atoms with van der Waals surface area (Å²) in [5.74, 6) is 1.46. The van der Waals surface area contributed by atoms with Crippen LogP contribution in [0.5, 0.6) is 11.5 Å². The summed E-state index contributed by atoms with van der Waals surface area (Å²) in [4.78, 5) is 14.5. The van der Waals surface area contributed by atoms with Crippen LogP contribution in [0.25, 0.3) is 11.3 Å². The predicted molar refractivity (Wildman–Crippen MR) is 104 cm³/mol. The molecular formula is C21H22N4O3. The third-order valence-electron chi connectivity index (χ3n) is 5.00. The van der Waals surface area contributed by atoms with Crippen LogP contribution < -0.4 is 9.47 Å². The van der Waals surface area contributed by atoms with E-state index in [1.807, 2.05) is 64.3 Å². The van der Waals surface area contributed by atoms with E-state index in [-0.39, 0.29) is 18.4 Å². The highest BCUT2D eigenvalue weighted by Gasteiger charge is 2.33. The van der Waals surface area contributed by atoms with E-state index in [0.717, 1.165) is 16.8 Å². The Bertz CT molecular complexity index is 965. The molecule has 0 N–H and O–H groups in total. The molecule has 7 heteroatoms. The lowest BCUT2D eigenvalue weighted by Gasteiger charge is -2.39. The molecule has 0 radical (unpaired) electrons. The molecule has 1 saturated heterocycles. The van der Waals surface area contributed by atoms with Crippen LogP contribution in [-0.2, 0) is 11.2 Å². The van der Waals surface area contributed by atoms with Crippen LogP contribution in [0.2, 0.25) is 0 Å². The van der Waals surface area contributed by atoms with Crippen molar-refractivity contribution in [3.8, 4) is 22.8 Å². The Labute approximate surface area is 163 Å². The molecule has 0 unspecified atom stereocenters. The number of hydrogen-bond acceptors (Lipinski definition) is 5. The Morgan fingerprint density at radius 3 is 2.61 bits per heavy atom. The molecule has 0 atom stereocenters. The maximum absolute atomic E-state index is 12.7. The number of amides is 1. The predicted octanol–water partition coefficient (Wildman–Crippen LogP) is 2.59. The number of benzene rings is 2. The lowest BCUT2D eigenvalue weighted by atomic mass is 10.1. The van der Waals surface area contributed by atoms with Gasteiger partial charge in [0.2, 0.25) is 5.91 Å². The molecule has 1 amide bonds. The third kappa shape index (κ3) is 3.55. The number of hydrogen-bond donors (Lipinski definition) is 0. The van der Waals surface area contributed by atoms with E-state index in [2.05, 4.69) is 10.3 Å². The Morgan fingerprint density at radius 2 is 1.89 bits per heavy atom. The number of carbonyl (C=O) groups is 1. The van der Waals surface area contributed by atoms with Crippen molar-refractivity contribution < 1.29 is 14.3 Å². The van der Waals surface area contributed by atoms with Crippen molar-refractivity contribution in [2.24, 2.45) is 0 Å². The fraction of sp³-hybridized carbons (Fsp3) is 0.286. The summed E-state index contributed by atoms with van der Waals surface area (Å²) in [6, 6.07) is 15.6. The van der Waals surface area contributed by atoms with Gasteiger partial charge in [-0.15, -0.1) is 5.10 Å². The highest BCUT2D eigenvalue weighted by molar-refractivity contribution is 5.80. The molecule has 0 aliphatic carbocycles. The van der Waals surface area contributed by atoms with Gasteiger partial charge in [0.05, 0.1) is 32.9 Å². The van der Waals surface area contributed by atoms with E-state index < -0.39 is 0 Å².